The van der Waals surface area contributed by atoms with Gasteiger partial charge < -0.3 is 9.88 Å². The SMILES string of the molecule is O=C(c1ccc2[nH]ccc2c1)N1CCCC[C@@H](c2ccc(F)cc2)C1. The zero-order valence-corrected chi connectivity index (χ0v) is 14.0. The molecule has 1 atom stereocenters. The minimum absolute atomic E-state index is 0.0807. The monoisotopic (exact) mass is 336 g/mol. The zero-order valence-electron chi connectivity index (χ0n) is 14.0. The maximum Gasteiger partial charge on any atom is 0.253 e. The highest BCUT2D eigenvalue weighted by Gasteiger charge is 2.24. The van der Waals surface area contributed by atoms with E-state index in [1.54, 1.807) is 0 Å². The molecule has 2 aromatic carbocycles. The van der Waals surface area contributed by atoms with E-state index in [0.29, 0.717) is 6.54 Å². The molecule has 3 aromatic rings. The molecule has 4 rings (SSSR count). The highest BCUT2D eigenvalue weighted by molar-refractivity contribution is 5.98. The Morgan fingerprint density at radius 3 is 2.76 bits per heavy atom. The van der Waals surface area contributed by atoms with Gasteiger partial charge >= 0.3 is 0 Å². The van der Waals surface area contributed by atoms with Gasteiger partial charge in [-0.05, 0) is 54.8 Å². The van der Waals surface area contributed by atoms with Crippen molar-refractivity contribution in [3.05, 3.63) is 71.7 Å². The molecular formula is C21H21FN2O. The van der Waals surface area contributed by atoms with Gasteiger partial charge in [-0.3, -0.25) is 4.79 Å². The smallest absolute Gasteiger partial charge is 0.253 e. The van der Waals surface area contributed by atoms with Gasteiger partial charge in [0.15, 0.2) is 0 Å². The van der Waals surface area contributed by atoms with Gasteiger partial charge in [-0.25, -0.2) is 4.39 Å². The first-order valence-corrected chi connectivity index (χ1v) is 8.82. The molecule has 0 spiro atoms. The Bertz CT molecular complexity index is 884. The largest absolute Gasteiger partial charge is 0.361 e. The Morgan fingerprint density at radius 1 is 1.08 bits per heavy atom. The fourth-order valence-electron chi connectivity index (χ4n) is 3.70. The second-order valence-corrected chi connectivity index (χ2v) is 6.78. The van der Waals surface area contributed by atoms with Crippen LogP contribution in [0.25, 0.3) is 10.9 Å². The van der Waals surface area contributed by atoms with Crippen LogP contribution in [0.2, 0.25) is 0 Å². The fraction of sp³-hybridized carbons (Fsp3) is 0.286. The van der Waals surface area contributed by atoms with Gasteiger partial charge in [-0.2, -0.15) is 0 Å². The standard InChI is InChI=1S/C21H21FN2O/c22-19-7-4-15(5-8-19)18-3-1-2-12-24(14-18)21(25)17-6-9-20-16(13-17)10-11-23-20/h4-11,13,18,23H,1-3,12,14H2/t18-/m1/s1. The molecule has 1 saturated heterocycles. The number of rotatable bonds is 2. The van der Waals surface area contributed by atoms with Crippen molar-refractivity contribution in [1.29, 1.82) is 0 Å². The third-order valence-electron chi connectivity index (χ3n) is 5.10. The summed E-state index contributed by atoms with van der Waals surface area (Å²) in [5.74, 6) is 0.130. The number of aromatic amines is 1. The highest BCUT2D eigenvalue weighted by atomic mass is 19.1. The topological polar surface area (TPSA) is 36.1 Å². The molecular weight excluding hydrogens is 315 g/mol. The number of carbonyl (C=O) groups excluding carboxylic acids is 1. The van der Waals surface area contributed by atoms with Crippen LogP contribution < -0.4 is 0 Å². The van der Waals surface area contributed by atoms with Gasteiger partial charge in [-0.15, -0.1) is 0 Å². The van der Waals surface area contributed by atoms with E-state index in [1.165, 1.54) is 12.1 Å². The number of hydrogen-bond acceptors (Lipinski definition) is 1. The summed E-state index contributed by atoms with van der Waals surface area (Å²) in [4.78, 5) is 18.1. The van der Waals surface area contributed by atoms with Gasteiger partial charge in [0.2, 0.25) is 0 Å². The lowest BCUT2D eigenvalue weighted by Crippen LogP contribution is -2.34. The van der Waals surface area contributed by atoms with E-state index in [2.05, 4.69) is 4.98 Å². The maximum absolute atomic E-state index is 13.2. The molecule has 1 aliphatic rings. The second kappa shape index (κ2) is 6.71. The summed E-state index contributed by atoms with van der Waals surface area (Å²) in [6, 6.07) is 14.5. The van der Waals surface area contributed by atoms with E-state index < -0.39 is 0 Å². The van der Waals surface area contributed by atoms with Crippen LogP contribution >= 0.6 is 0 Å². The summed E-state index contributed by atoms with van der Waals surface area (Å²) in [6.45, 7) is 1.47. The van der Waals surface area contributed by atoms with Gasteiger partial charge in [-0.1, -0.05) is 18.6 Å². The summed E-state index contributed by atoms with van der Waals surface area (Å²) in [7, 11) is 0. The van der Waals surface area contributed by atoms with Crippen molar-refractivity contribution in [2.75, 3.05) is 13.1 Å². The number of nitrogens with one attached hydrogen (secondary N) is 1. The lowest BCUT2D eigenvalue weighted by molar-refractivity contribution is 0.0754. The molecule has 25 heavy (non-hydrogen) atoms. The summed E-state index contributed by atoms with van der Waals surface area (Å²) in [5, 5.41) is 1.05. The molecule has 0 radical (unpaired) electrons. The predicted octanol–water partition coefficient (Wildman–Crippen LogP) is 4.72. The molecule has 0 bridgehead atoms. The number of halogens is 1. The van der Waals surface area contributed by atoms with Crippen LogP contribution in [0.4, 0.5) is 4.39 Å². The first kappa shape index (κ1) is 15.9. The molecule has 1 aliphatic heterocycles. The van der Waals surface area contributed by atoms with E-state index in [0.717, 1.165) is 47.8 Å². The number of H-pyrrole nitrogens is 1. The fourth-order valence-corrected chi connectivity index (χ4v) is 3.70. The van der Waals surface area contributed by atoms with Crippen molar-refractivity contribution in [2.24, 2.45) is 0 Å². The highest BCUT2D eigenvalue weighted by Crippen LogP contribution is 2.28. The maximum atomic E-state index is 13.2. The van der Waals surface area contributed by atoms with Crippen LogP contribution in [-0.4, -0.2) is 28.9 Å². The number of carbonyl (C=O) groups is 1. The van der Waals surface area contributed by atoms with Gasteiger partial charge in [0, 0.05) is 41.7 Å². The molecule has 2 heterocycles. The normalized spacial score (nSPS) is 18.3. The van der Waals surface area contributed by atoms with Crippen LogP contribution in [0.1, 0.15) is 41.1 Å². The number of amides is 1. The van der Waals surface area contributed by atoms with E-state index in [1.807, 2.05) is 47.5 Å². The molecule has 1 fully saturated rings. The molecule has 0 unspecified atom stereocenters. The van der Waals surface area contributed by atoms with Crippen LogP contribution in [0, 0.1) is 5.82 Å². The molecule has 3 nitrogen and oxygen atoms in total. The van der Waals surface area contributed by atoms with Gasteiger partial charge in [0.05, 0.1) is 0 Å². The Balaban J connectivity index is 1.57. The van der Waals surface area contributed by atoms with Gasteiger partial charge in [0.25, 0.3) is 5.91 Å². The molecule has 0 saturated carbocycles. The van der Waals surface area contributed by atoms with Crippen LogP contribution in [0.3, 0.4) is 0 Å². The summed E-state index contributed by atoms with van der Waals surface area (Å²) in [5.41, 5.74) is 2.88. The number of nitrogens with zero attached hydrogens (tertiary/aromatic N) is 1. The Kier molecular flexibility index (Phi) is 4.26. The first-order valence-electron chi connectivity index (χ1n) is 8.82. The second-order valence-electron chi connectivity index (χ2n) is 6.78. The third kappa shape index (κ3) is 3.29. The number of aromatic nitrogens is 1. The molecule has 1 N–H and O–H groups in total. The average Bonchev–Trinajstić information content (AvgIpc) is 2.97. The van der Waals surface area contributed by atoms with Crippen LogP contribution in [0.5, 0.6) is 0 Å². The molecule has 1 aromatic heterocycles. The molecule has 0 aliphatic carbocycles. The molecule has 4 heteroatoms. The Labute approximate surface area is 146 Å². The van der Waals surface area contributed by atoms with Crippen molar-refractivity contribution >= 4 is 16.8 Å². The lowest BCUT2D eigenvalue weighted by atomic mass is 9.94. The summed E-state index contributed by atoms with van der Waals surface area (Å²) < 4.78 is 13.2. The number of likely N-dealkylation sites (tertiary alicyclic amines) is 1. The summed E-state index contributed by atoms with van der Waals surface area (Å²) >= 11 is 0. The molecule has 1 amide bonds. The quantitative estimate of drug-likeness (QED) is 0.722. The van der Waals surface area contributed by atoms with Crippen molar-refractivity contribution in [2.45, 2.75) is 25.2 Å². The summed E-state index contributed by atoms with van der Waals surface area (Å²) in [6.07, 6.45) is 5.01. The lowest BCUT2D eigenvalue weighted by Gasteiger charge is -2.25. The van der Waals surface area contributed by atoms with E-state index >= 15 is 0 Å². The number of hydrogen-bond donors (Lipinski definition) is 1. The van der Waals surface area contributed by atoms with Crippen LogP contribution in [-0.2, 0) is 0 Å². The number of benzene rings is 2. The van der Waals surface area contributed by atoms with Crippen LogP contribution in [0.15, 0.2) is 54.7 Å². The van der Waals surface area contributed by atoms with Gasteiger partial charge in [0.1, 0.15) is 5.82 Å². The van der Waals surface area contributed by atoms with E-state index in [4.69, 9.17) is 0 Å². The first-order chi connectivity index (χ1) is 12.2. The Hall–Kier alpha value is -2.62. The average molecular weight is 336 g/mol. The number of fused-ring (bicyclic) bond motifs is 1. The third-order valence-corrected chi connectivity index (χ3v) is 5.10. The van der Waals surface area contributed by atoms with Crippen molar-refractivity contribution < 1.29 is 9.18 Å². The molecule has 128 valence electrons. The Morgan fingerprint density at radius 2 is 1.92 bits per heavy atom. The zero-order chi connectivity index (χ0) is 17.2. The minimum Gasteiger partial charge on any atom is -0.361 e. The van der Waals surface area contributed by atoms with Crippen molar-refractivity contribution in [3.63, 3.8) is 0 Å². The van der Waals surface area contributed by atoms with Crippen molar-refractivity contribution in [3.8, 4) is 0 Å². The minimum atomic E-state index is -0.217. The predicted molar refractivity (Wildman–Crippen MR) is 97.2 cm³/mol. The van der Waals surface area contributed by atoms with E-state index in [9.17, 15) is 9.18 Å². The van der Waals surface area contributed by atoms with E-state index in [-0.39, 0.29) is 17.6 Å². The van der Waals surface area contributed by atoms with Crippen molar-refractivity contribution in [1.82, 2.24) is 9.88 Å².